The Morgan fingerprint density at radius 3 is 2.69 bits per heavy atom. The van der Waals surface area contributed by atoms with Gasteiger partial charge in [-0.3, -0.25) is 0 Å². The highest BCUT2D eigenvalue weighted by atomic mass is 79.9. The molecule has 0 saturated carbocycles. The minimum atomic E-state index is -0.667. The molecule has 0 unspecified atom stereocenters. The van der Waals surface area contributed by atoms with Gasteiger partial charge in [-0.2, -0.15) is 0 Å². The summed E-state index contributed by atoms with van der Waals surface area (Å²) in [6.07, 6.45) is 0. The first-order valence-electron chi connectivity index (χ1n) is 4.59. The number of halogens is 2. The number of hydrogen-bond acceptors (Lipinski definition) is 2. The molecule has 0 amide bonds. The molecule has 0 aliphatic rings. The van der Waals surface area contributed by atoms with Crippen LogP contribution in [0.4, 0.5) is 4.39 Å². The molecule has 0 atom stereocenters. The van der Waals surface area contributed by atoms with E-state index < -0.39 is 11.8 Å². The molecule has 0 N–H and O–H groups in total. The van der Waals surface area contributed by atoms with Crippen LogP contribution in [0.1, 0.15) is 10.4 Å². The maximum absolute atomic E-state index is 14.0. The molecule has 4 heteroatoms. The first-order valence-corrected chi connectivity index (χ1v) is 5.39. The Balaban J connectivity index is 2.72. The summed E-state index contributed by atoms with van der Waals surface area (Å²) >= 11 is 3.26. The number of esters is 1. The lowest BCUT2D eigenvalue weighted by Gasteiger charge is -2.05. The second-order valence-electron chi connectivity index (χ2n) is 3.28. The van der Waals surface area contributed by atoms with E-state index in [0.29, 0.717) is 5.39 Å². The van der Waals surface area contributed by atoms with Gasteiger partial charge in [0.2, 0.25) is 0 Å². The van der Waals surface area contributed by atoms with Crippen LogP contribution in [0.25, 0.3) is 10.8 Å². The van der Waals surface area contributed by atoms with Crippen molar-refractivity contribution in [3.63, 3.8) is 0 Å². The van der Waals surface area contributed by atoms with Crippen LogP contribution in [0.5, 0.6) is 0 Å². The number of carbonyl (C=O) groups excluding carboxylic acids is 1. The fourth-order valence-electron chi connectivity index (χ4n) is 1.52. The van der Waals surface area contributed by atoms with Gasteiger partial charge in [-0.15, -0.1) is 0 Å². The van der Waals surface area contributed by atoms with Gasteiger partial charge in [0, 0.05) is 9.86 Å². The van der Waals surface area contributed by atoms with Gasteiger partial charge in [-0.05, 0) is 23.6 Å². The Hall–Kier alpha value is -1.42. The van der Waals surface area contributed by atoms with Crippen LogP contribution < -0.4 is 0 Å². The molecule has 0 aliphatic carbocycles. The van der Waals surface area contributed by atoms with E-state index in [4.69, 9.17) is 0 Å². The third-order valence-electron chi connectivity index (χ3n) is 2.32. The average Bonchev–Trinajstić information content (AvgIpc) is 2.29. The maximum atomic E-state index is 14.0. The highest BCUT2D eigenvalue weighted by Crippen LogP contribution is 2.25. The minimum absolute atomic E-state index is 0.0481. The number of ether oxygens (including phenoxy) is 1. The fraction of sp³-hybridized carbons (Fsp3) is 0.0833. The van der Waals surface area contributed by atoms with E-state index in [1.54, 1.807) is 18.2 Å². The van der Waals surface area contributed by atoms with E-state index in [1.165, 1.54) is 13.2 Å². The van der Waals surface area contributed by atoms with Crippen LogP contribution in [-0.4, -0.2) is 13.1 Å². The summed E-state index contributed by atoms with van der Waals surface area (Å²) in [6, 6.07) is 8.36. The Bertz CT molecular complexity index is 566. The van der Waals surface area contributed by atoms with Crippen molar-refractivity contribution in [2.45, 2.75) is 0 Å². The predicted molar refractivity (Wildman–Crippen MR) is 62.9 cm³/mol. The van der Waals surface area contributed by atoms with Crippen LogP contribution in [0.3, 0.4) is 0 Å². The smallest absolute Gasteiger partial charge is 0.340 e. The van der Waals surface area contributed by atoms with Crippen molar-refractivity contribution in [1.82, 2.24) is 0 Å². The summed E-state index contributed by atoms with van der Waals surface area (Å²) in [5.74, 6) is -1.22. The van der Waals surface area contributed by atoms with Crippen molar-refractivity contribution >= 4 is 32.7 Å². The lowest BCUT2D eigenvalue weighted by atomic mass is 10.1. The number of hydrogen-bond donors (Lipinski definition) is 0. The summed E-state index contributed by atoms with van der Waals surface area (Å²) < 4.78 is 19.2. The Morgan fingerprint density at radius 1 is 1.31 bits per heavy atom. The van der Waals surface area contributed by atoms with E-state index in [0.717, 1.165) is 9.86 Å². The third kappa shape index (κ3) is 1.80. The normalized spacial score (nSPS) is 10.4. The highest BCUT2D eigenvalue weighted by Gasteiger charge is 2.14. The minimum Gasteiger partial charge on any atom is -0.465 e. The molecule has 16 heavy (non-hydrogen) atoms. The molecule has 2 aromatic rings. The summed E-state index contributed by atoms with van der Waals surface area (Å²) in [6.45, 7) is 0. The molecule has 0 saturated heterocycles. The van der Waals surface area contributed by atoms with Gasteiger partial charge in [0.15, 0.2) is 0 Å². The molecule has 0 radical (unpaired) electrons. The number of methoxy groups -OCH3 is 1. The molecule has 2 rings (SSSR count). The zero-order valence-corrected chi connectivity index (χ0v) is 10.0. The van der Waals surface area contributed by atoms with Crippen molar-refractivity contribution in [2.24, 2.45) is 0 Å². The molecule has 2 nitrogen and oxygen atoms in total. The summed E-state index contributed by atoms with van der Waals surface area (Å²) in [7, 11) is 1.23. The van der Waals surface area contributed by atoms with Gasteiger partial charge in [0.25, 0.3) is 0 Å². The standard InChI is InChI=1S/C12H8BrFO2/c1-16-12(15)9-5-3-7-2-4-8(13)6-10(7)11(9)14/h2-6H,1H3. The monoisotopic (exact) mass is 282 g/mol. The zero-order valence-electron chi connectivity index (χ0n) is 8.46. The molecule has 0 aliphatic heterocycles. The van der Waals surface area contributed by atoms with Gasteiger partial charge in [-0.1, -0.05) is 28.1 Å². The fourth-order valence-corrected chi connectivity index (χ4v) is 1.88. The van der Waals surface area contributed by atoms with Gasteiger partial charge < -0.3 is 4.74 Å². The molecule has 0 aromatic heterocycles. The average molecular weight is 283 g/mol. The second kappa shape index (κ2) is 4.22. The van der Waals surface area contributed by atoms with Crippen molar-refractivity contribution in [3.8, 4) is 0 Å². The van der Waals surface area contributed by atoms with E-state index >= 15 is 0 Å². The maximum Gasteiger partial charge on any atom is 0.340 e. The molecular weight excluding hydrogens is 275 g/mol. The molecule has 0 heterocycles. The van der Waals surface area contributed by atoms with Crippen LogP contribution in [-0.2, 0) is 4.74 Å². The lowest BCUT2D eigenvalue weighted by Crippen LogP contribution is -2.04. The second-order valence-corrected chi connectivity index (χ2v) is 4.20. The Kier molecular flexibility index (Phi) is 2.92. The zero-order chi connectivity index (χ0) is 11.7. The summed E-state index contributed by atoms with van der Waals surface area (Å²) in [4.78, 5) is 11.3. The Labute approximate surface area is 100 Å². The van der Waals surface area contributed by atoms with E-state index in [-0.39, 0.29) is 5.56 Å². The Morgan fingerprint density at radius 2 is 2.00 bits per heavy atom. The lowest BCUT2D eigenvalue weighted by molar-refractivity contribution is 0.0596. The topological polar surface area (TPSA) is 26.3 Å². The summed E-state index contributed by atoms with van der Waals surface area (Å²) in [5.41, 5.74) is -0.0481. The number of carbonyl (C=O) groups is 1. The third-order valence-corrected chi connectivity index (χ3v) is 2.82. The molecular formula is C12H8BrFO2. The molecule has 2 aromatic carbocycles. The van der Waals surface area contributed by atoms with Crippen molar-refractivity contribution in [1.29, 1.82) is 0 Å². The van der Waals surface area contributed by atoms with Crippen LogP contribution >= 0.6 is 15.9 Å². The molecule has 82 valence electrons. The van der Waals surface area contributed by atoms with Crippen molar-refractivity contribution in [3.05, 3.63) is 46.2 Å². The van der Waals surface area contributed by atoms with E-state index in [9.17, 15) is 9.18 Å². The number of benzene rings is 2. The van der Waals surface area contributed by atoms with Crippen molar-refractivity contribution in [2.75, 3.05) is 7.11 Å². The van der Waals surface area contributed by atoms with Gasteiger partial charge in [0.1, 0.15) is 5.82 Å². The summed E-state index contributed by atoms with van der Waals surface area (Å²) in [5, 5.41) is 1.14. The van der Waals surface area contributed by atoms with Gasteiger partial charge in [0.05, 0.1) is 12.7 Å². The predicted octanol–water partition coefficient (Wildman–Crippen LogP) is 3.53. The molecule has 0 bridgehead atoms. The molecule has 0 fully saturated rings. The van der Waals surface area contributed by atoms with Crippen molar-refractivity contribution < 1.29 is 13.9 Å². The van der Waals surface area contributed by atoms with Crippen LogP contribution in [0.15, 0.2) is 34.8 Å². The quantitative estimate of drug-likeness (QED) is 0.748. The van der Waals surface area contributed by atoms with Gasteiger partial charge >= 0.3 is 5.97 Å². The largest absolute Gasteiger partial charge is 0.465 e. The van der Waals surface area contributed by atoms with E-state index in [1.807, 2.05) is 6.07 Å². The molecule has 0 spiro atoms. The number of fused-ring (bicyclic) bond motifs is 1. The first kappa shape index (κ1) is 11.1. The highest BCUT2D eigenvalue weighted by molar-refractivity contribution is 9.10. The SMILES string of the molecule is COC(=O)c1ccc2ccc(Br)cc2c1F. The number of rotatable bonds is 1. The van der Waals surface area contributed by atoms with Gasteiger partial charge in [-0.25, -0.2) is 9.18 Å². The first-order chi connectivity index (χ1) is 7.63. The van der Waals surface area contributed by atoms with Crippen LogP contribution in [0.2, 0.25) is 0 Å². The van der Waals surface area contributed by atoms with Crippen LogP contribution in [0, 0.1) is 5.82 Å². The van der Waals surface area contributed by atoms with E-state index in [2.05, 4.69) is 20.7 Å².